The number of aryl methyl sites for hydroxylation is 1. The summed E-state index contributed by atoms with van der Waals surface area (Å²) in [6, 6.07) is 2.08. The van der Waals surface area contributed by atoms with E-state index in [-0.39, 0.29) is 0 Å². The zero-order valence-electron chi connectivity index (χ0n) is 11.4. The Kier molecular flexibility index (Phi) is 3.01. The molecule has 0 amide bonds. The van der Waals surface area contributed by atoms with Gasteiger partial charge in [0.15, 0.2) is 0 Å². The molecule has 1 aromatic heterocycles. The van der Waals surface area contributed by atoms with Gasteiger partial charge < -0.3 is 10.5 Å². The molecule has 3 rings (SSSR count). The van der Waals surface area contributed by atoms with Crippen LogP contribution in [0.5, 0.6) is 5.75 Å². The summed E-state index contributed by atoms with van der Waals surface area (Å²) in [6.45, 7) is 2.08. The quantitative estimate of drug-likeness (QED) is 0.897. The number of nitrogens with two attached hydrogens (primary N) is 1. The molecule has 0 spiro atoms. The highest BCUT2D eigenvalue weighted by molar-refractivity contribution is 5.86. The molecule has 0 atom stereocenters. The van der Waals surface area contributed by atoms with Gasteiger partial charge in [-0.05, 0) is 37.3 Å². The van der Waals surface area contributed by atoms with E-state index in [1.165, 1.54) is 31.2 Å². The zero-order valence-corrected chi connectivity index (χ0v) is 11.4. The number of anilines is 1. The first-order chi connectivity index (χ1) is 9.20. The minimum absolute atomic E-state index is 0.331. The first-order valence-corrected chi connectivity index (χ1v) is 6.80. The second-order valence-corrected chi connectivity index (χ2v) is 5.29. The minimum atomic E-state index is 0.331. The normalized spacial score (nSPS) is 16.1. The second kappa shape index (κ2) is 4.68. The lowest BCUT2D eigenvalue weighted by Crippen LogP contribution is -2.04. The number of nitrogen functional groups attached to an aromatic ring is 1. The molecular formula is C15H19N3O. The molecular weight excluding hydrogens is 238 g/mol. The van der Waals surface area contributed by atoms with Crippen LogP contribution in [-0.2, 0) is 0 Å². The Morgan fingerprint density at radius 2 is 2.05 bits per heavy atom. The molecule has 2 N–H and O–H groups in total. The lowest BCUT2D eigenvalue weighted by Gasteiger charge is -2.18. The number of rotatable bonds is 2. The van der Waals surface area contributed by atoms with E-state index >= 15 is 0 Å². The molecule has 100 valence electrons. The van der Waals surface area contributed by atoms with Crippen LogP contribution in [0.25, 0.3) is 10.9 Å². The number of hydrogen-bond acceptors (Lipinski definition) is 4. The summed E-state index contributed by atoms with van der Waals surface area (Å²) in [5.74, 6) is 1.84. The van der Waals surface area contributed by atoms with E-state index in [0.29, 0.717) is 11.9 Å². The van der Waals surface area contributed by atoms with E-state index in [0.717, 1.165) is 22.2 Å². The third kappa shape index (κ3) is 2.01. The molecule has 2 aromatic rings. The monoisotopic (exact) mass is 257 g/mol. The van der Waals surface area contributed by atoms with Crippen molar-refractivity contribution in [1.29, 1.82) is 0 Å². The first-order valence-electron chi connectivity index (χ1n) is 6.80. The van der Waals surface area contributed by atoms with E-state index in [1.54, 1.807) is 7.11 Å². The van der Waals surface area contributed by atoms with E-state index in [2.05, 4.69) is 23.0 Å². The molecule has 19 heavy (non-hydrogen) atoms. The van der Waals surface area contributed by atoms with Gasteiger partial charge in [0.2, 0.25) is 5.95 Å². The largest absolute Gasteiger partial charge is 0.496 e. The minimum Gasteiger partial charge on any atom is -0.496 e. The maximum absolute atomic E-state index is 5.76. The predicted octanol–water partition coefficient (Wildman–Crippen LogP) is 3.19. The Hall–Kier alpha value is -1.84. The Morgan fingerprint density at radius 3 is 2.74 bits per heavy atom. The summed E-state index contributed by atoms with van der Waals surface area (Å²) >= 11 is 0. The van der Waals surface area contributed by atoms with Crippen LogP contribution in [-0.4, -0.2) is 17.1 Å². The van der Waals surface area contributed by atoms with Gasteiger partial charge in [0.1, 0.15) is 5.75 Å². The van der Waals surface area contributed by atoms with Gasteiger partial charge in [-0.15, -0.1) is 0 Å². The smallest absolute Gasteiger partial charge is 0.220 e. The van der Waals surface area contributed by atoms with Crippen molar-refractivity contribution >= 4 is 16.9 Å². The van der Waals surface area contributed by atoms with Gasteiger partial charge in [-0.25, -0.2) is 9.97 Å². The number of aromatic nitrogens is 2. The Labute approximate surface area is 113 Å². The van der Waals surface area contributed by atoms with Crippen LogP contribution in [0.3, 0.4) is 0 Å². The lowest BCUT2D eigenvalue weighted by atomic mass is 9.92. The van der Waals surface area contributed by atoms with Crippen molar-refractivity contribution in [1.82, 2.24) is 9.97 Å². The molecule has 0 unspecified atom stereocenters. The summed E-state index contributed by atoms with van der Waals surface area (Å²) in [6.07, 6.45) is 6.79. The highest BCUT2D eigenvalue weighted by Gasteiger charge is 2.25. The van der Waals surface area contributed by atoms with Crippen molar-refractivity contribution in [2.24, 2.45) is 0 Å². The fourth-order valence-corrected chi connectivity index (χ4v) is 3.21. The van der Waals surface area contributed by atoms with Gasteiger partial charge in [-0.1, -0.05) is 12.8 Å². The number of hydrogen-bond donors (Lipinski definition) is 1. The van der Waals surface area contributed by atoms with Crippen molar-refractivity contribution in [3.8, 4) is 5.75 Å². The van der Waals surface area contributed by atoms with Gasteiger partial charge >= 0.3 is 0 Å². The number of nitrogens with zero attached hydrogens (tertiary/aromatic N) is 2. The Bertz CT molecular complexity index is 618. The Morgan fingerprint density at radius 1 is 1.32 bits per heavy atom. The van der Waals surface area contributed by atoms with Crippen LogP contribution in [0.1, 0.15) is 42.7 Å². The van der Waals surface area contributed by atoms with Gasteiger partial charge in [0, 0.05) is 17.1 Å². The average molecular weight is 257 g/mol. The van der Waals surface area contributed by atoms with Crippen LogP contribution < -0.4 is 10.5 Å². The molecule has 1 aromatic carbocycles. The van der Waals surface area contributed by atoms with Crippen LogP contribution >= 0.6 is 0 Å². The third-order valence-corrected chi connectivity index (χ3v) is 4.03. The summed E-state index contributed by atoms with van der Waals surface area (Å²) in [4.78, 5) is 8.55. The fourth-order valence-electron chi connectivity index (χ4n) is 3.21. The lowest BCUT2D eigenvalue weighted by molar-refractivity contribution is 0.403. The van der Waals surface area contributed by atoms with Crippen molar-refractivity contribution < 1.29 is 4.74 Å². The molecule has 0 bridgehead atoms. The van der Waals surface area contributed by atoms with Crippen LogP contribution in [0, 0.1) is 6.92 Å². The summed E-state index contributed by atoms with van der Waals surface area (Å²) in [5.41, 5.74) is 9.09. The molecule has 1 fully saturated rings. The fraction of sp³-hybridized carbons (Fsp3) is 0.467. The molecule has 1 heterocycles. The molecule has 4 nitrogen and oxygen atoms in total. The van der Waals surface area contributed by atoms with Crippen LogP contribution in [0.2, 0.25) is 0 Å². The third-order valence-electron chi connectivity index (χ3n) is 4.03. The van der Waals surface area contributed by atoms with E-state index in [4.69, 9.17) is 10.5 Å². The first kappa shape index (κ1) is 12.2. The maximum atomic E-state index is 5.76. The van der Waals surface area contributed by atoms with Crippen molar-refractivity contribution in [2.45, 2.75) is 38.5 Å². The highest BCUT2D eigenvalue weighted by atomic mass is 16.5. The number of methoxy groups -OCH3 is 1. The van der Waals surface area contributed by atoms with Crippen molar-refractivity contribution in [3.63, 3.8) is 0 Å². The topological polar surface area (TPSA) is 61.0 Å². The SMILES string of the molecule is COc1c(C)cc2cnc(N)nc2c1C1CCCC1. The number of ether oxygens (including phenoxy) is 1. The number of benzene rings is 1. The molecule has 1 aliphatic rings. The van der Waals surface area contributed by atoms with Gasteiger partial charge in [-0.2, -0.15) is 0 Å². The molecule has 0 aliphatic heterocycles. The molecule has 1 aliphatic carbocycles. The van der Waals surface area contributed by atoms with E-state index in [1.807, 2.05) is 6.20 Å². The molecule has 0 radical (unpaired) electrons. The predicted molar refractivity (Wildman–Crippen MR) is 76.4 cm³/mol. The zero-order chi connectivity index (χ0) is 13.4. The standard InChI is InChI=1S/C15H19N3O/c1-9-7-11-8-17-15(16)18-13(11)12(14(9)19-2)10-5-3-4-6-10/h7-8,10H,3-6H2,1-2H3,(H2,16,17,18). The number of fused-ring (bicyclic) bond motifs is 1. The van der Waals surface area contributed by atoms with Gasteiger partial charge in [0.05, 0.1) is 12.6 Å². The summed E-state index contributed by atoms with van der Waals surface area (Å²) < 4.78 is 5.64. The van der Waals surface area contributed by atoms with Crippen LogP contribution in [0.4, 0.5) is 5.95 Å². The highest BCUT2D eigenvalue weighted by Crippen LogP contribution is 2.43. The van der Waals surface area contributed by atoms with Gasteiger partial charge in [-0.3, -0.25) is 0 Å². The van der Waals surface area contributed by atoms with E-state index < -0.39 is 0 Å². The second-order valence-electron chi connectivity index (χ2n) is 5.29. The summed E-state index contributed by atoms with van der Waals surface area (Å²) in [5, 5.41) is 1.05. The van der Waals surface area contributed by atoms with Crippen molar-refractivity contribution in [3.05, 3.63) is 23.4 Å². The molecule has 4 heteroatoms. The van der Waals surface area contributed by atoms with Crippen molar-refractivity contribution in [2.75, 3.05) is 12.8 Å². The average Bonchev–Trinajstić information content (AvgIpc) is 2.91. The van der Waals surface area contributed by atoms with Crippen LogP contribution in [0.15, 0.2) is 12.3 Å². The van der Waals surface area contributed by atoms with E-state index in [9.17, 15) is 0 Å². The Balaban J connectivity index is 2.31. The molecule has 0 saturated heterocycles. The maximum Gasteiger partial charge on any atom is 0.220 e. The molecule has 1 saturated carbocycles. The van der Waals surface area contributed by atoms with Gasteiger partial charge in [0.25, 0.3) is 0 Å². The summed E-state index contributed by atoms with van der Waals surface area (Å²) in [7, 11) is 1.73.